The fourth-order valence-electron chi connectivity index (χ4n) is 3.67. The number of methoxy groups -OCH3 is 1. The van der Waals surface area contributed by atoms with Crippen LogP contribution in [-0.4, -0.2) is 38.9 Å². The topological polar surface area (TPSA) is 38.8 Å². The lowest BCUT2D eigenvalue weighted by atomic mass is 10.00. The molecule has 5 heteroatoms. The first-order valence-corrected chi connectivity index (χ1v) is 13.6. The van der Waals surface area contributed by atoms with Gasteiger partial charge in [-0.05, 0) is 48.3 Å². The maximum absolute atomic E-state index is 12.7. The Kier molecular flexibility index (Phi) is 6.44. The van der Waals surface area contributed by atoms with E-state index in [0.29, 0.717) is 19.5 Å². The fraction of sp³-hybridized carbons (Fsp3) is 0.480. The zero-order chi connectivity index (χ0) is 22.1. The second-order valence-corrected chi connectivity index (χ2v) is 14.6. The van der Waals surface area contributed by atoms with Crippen LogP contribution in [0, 0.1) is 6.92 Å². The number of hydrogen-bond acceptors (Lipinski definition) is 3. The van der Waals surface area contributed by atoms with Gasteiger partial charge in [0.1, 0.15) is 5.75 Å². The van der Waals surface area contributed by atoms with Gasteiger partial charge >= 0.3 is 0 Å². The van der Waals surface area contributed by atoms with Gasteiger partial charge < -0.3 is 14.1 Å². The first-order chi connectivity index (χ1) is 14.0. The Bertz CT molecular complexity index is 917. The monoisotopic (exact) mass is 425 g/mol. The predicted molar refractivity (Wildman–Crippen MR) is 125 cm³/mol. The molecule has 2 aromatic rings. The highest BCUT2D eigenvalue weighted by molar-refractivity contribution is 6.74. The van der Waals surface area contributed by atoms with Crippen LogP contribution < -0.4 is 4.74 Å². The van der Waals surface area contributed by atoms with Gasteiger partial charge in [-0.2, -0.15) is 0 Å². The maximum Gasteiger partial charge on any atom is 0.225 e. The zero-order valence-electron chi connectivity index (χ0n) is 19.4. The Morgan fingerprint density at radius 2 is 1.87 bits per heavy atom. The molecule has 0 spiro atoms. The number of aryl methyl sites for hydroxylation is 1. The minimum atomic E-state index is -1.89. The van der Waals surface area contributed by atoms with Gasteiger partial charge in [0, 0.05) is 18.7 Å². The van der Waals surface area contributed by atoms with Gasteiger partial charge in [0.25, 0.3) is 0 Å². The molecular formula is C25H35NO3Si. The number of benzene rings is 2. The Hall–Kier alpha value is -2.11. The van der Waals surface area contributed by atoms with Gasteiger partial charge in [-0.25, -0.2) is 0 Å². The molecule has 1 aliphatic heterocycles. The van der Waals surface area contributed by atoms with E-state index in [2.05, 4.69) is 71.1 Å². The van der Waals surface area contributed by atoms with Crippen molar-refractivity contribution in [2.45, 2.75) is 64.9 Å². The highest BCUT2D eigenvalue weighted by Crippen LogP contribution is 2.38. The molecule has 162 valence electrons. The molecule has 0 saturated carbocycles. The summed E-state index contributed by atoms with van der Waals surface area (Å²) in [4.78, 5) is 14.6. The Morgan fingerprint density at radius 1 is 1.13 bits per heavy atom. The molecule has 2 aromatic carbocycles. The minimum Gasteiger partial charge on any atom is -0.496 e. The minimum absolute atomic E-state index is 0.00659. The number of nitrogens with zero attached hydrogens (tertiary/aromatic N) is 1. The third-order valence-corrected chi connectivity index (χ3v) is 10.9. The number of ether oxygens (including phenoxy) is 1. The Balaban J connectivity index is 1.77. The van der Waals surface area contributed by atoms with Crippen molar-refractivity contribution in [1.29, 1.82) is 0 Å². The van der Waals surface area contributed by atoms with Crippen molar-refractivity contribution >= 4 is 14.2 Å². The first kappa shape index (κ1) is 22.6. The molecule has 0 N–H and O–H groups in total. The quantitative estimate of drug-likeness (QED) is 0.550. The molecule has 0 aromatic heterocycles. The number of amides is 1. The van der Waals surface area contributed by atoms with Gasteiger partial charge in [0.15, 0.2) is 8.32 Å². The molecule has 0 radical (unpaired) electrons. The average Bonchev–Trinajstić information content (AvgIpc) is 2.99. The molecule has 4 nitrogen and oxygen atoms in total. The van der Waals surface area contributed by atoms with Crippen LogP contribution in [0.1, 0.15) is 38.3 Å². The average molecular weight is 426 g/mol. The van der Waals surface area contributed by atoms with Gasteiger partial charge in [-0.1, -0.05) is 56.7 Å². The van der Waals surface area contributed by atoms with E-state index in [1.165, 1.54) is 5.56 Å². The van der Waals surface area contributed by atoms with Gasteiger partial charge in [-0.15, -0.1) is 0 Å². The Labute approximate surface area is 182 Å². The van der Waals surface area contributed by atoms with E-state index in [4.69, 9.17) is 9.16 Å². The molecule has 0 aliphatic carbocycles. The summed E-state index contributed by atoms with van der Waals surface area (Å²) in [6, 6.07) is 14.6. The van der Waals surface area contributed by atoms with Crippen molar-refractivity contribution in [3.63, 3.8) is 0 Å². The van der Waals surface area contributed by atoms with Crippen LogP contribution in [0.4, 0.5) is 0 Å². The lowest BCUT2D eigenvalue weighted by molar-refractivity contribution is -0.128. The summed E-state index contributed by atoms with van der Waals surface area (Å²) in [5, 5.41) is 0.141. The van der Waals surface area contributed by atoms with Gasteiger partial charge in [0.05, 0.1) is 19.6 Å². The molecular weight excluding hydrogens is 390 g/mol. The van der Waals surface area contributed by atoms with Crippen molar-refractivity contribution in [3.8, 4) is 16.9 Å². The normalized spacial score (nSPS) is 17.5. The molecule has 30 heavy (non-hydrogen) atoms. The maximum atomic E-state index is 12.7. The SMILES string of the molecule is COc1ccc(CN2C[C@@H](O[Si](C)(C)C(C)(C)C)CC2=O)cc1-c1cccc(C)c1. The third kappa shape index (κ3) is 4.95. The van der Waals surface area contributed by atoms with E-state index >= 15 is 0 Å². The van der Waals surface area contributed by atoms with Crippen LogP contribution in [0.25, 0.3) is 11.1 Å². The van der Waals surface area contributed by atoms with E-state index in [-0.39, 0.29) is 17.0 Å². The van der Waals surface area contributed by atoms with E-state index in [1.807, 2.05) is 17.0 Å². The van der Waals surface area contributed by atoms with Crippen LogP contribution >= 0.6 is 0 Å². The van der Waals surface area contributed by atoms with Crippen molar-refractivity contribution in [1.82, 2.24) is 4.90 Å². The van der Waals surface area contributed by atoms with Crippen LogP contribution in [0.15, 0.2) is 42.5 Å². The van der Waals surface area contributed by atoms with Crippen molar-refractivity contribution in [2.24, 2.45) is 0 Å². The predicted octanol–water partition coefficient (Wildman–Crippen LogP) is 5.79. The molecule has 1 fully saturated rings. The van der Waals surface area contributed by atoms with E-state index < -0.39 is 8.32 Å². The lowest BCUT2D eigenvalue weighted by Crippen LogP contribution is -2.44. The van der Waals surface area contributed by atoms with E-state index in [0.717, 1.165) is 22.4 Å². The lowest BCUT2D eigenvalue weighted by Gasteiger charge is -2.38. The Morgan fingerprint density at radius 3 is 2.50 bits per heavy atom. The van der Waals surface area contributed by atoms with Crippen molar-refractivity contribution in [3.05, 3.63) is 53.6 Å². The van der Waals surface area contributed by atoms with Gasteiger partial charge in [-0.3, -0.25) is 4.79 Å². The fourth-order valence-corrected chi connectivity index (χ4v) is 5.02. The standard InChI is InChI=1S/C25H35NO3Si/c1-18-9-8-10-20(13-18)22-14-19(11-12-23(22)28-5)16-26-17-21(15-24(26)27)29-30(6,7)25(2,3)4/h8-14,21H,15-17H2,1-7H3/t21-/m0/s1. The number of carbonyl (C=O) groups is 1. The molecule has 1 aliphatic rings. The van der Waals surface area contributed by atoms with Crippen LogP contribution in [0.5, 0.6) is 5.75 Å². The molecule has 1 amide bonds. The number of likely N-dealkylation sites (tertiary alicyclic amines) is 1. The van der Waals surface area contributed by atoms with E-state index in [9.17, 15) is 4.79 Å². The van der Waals surface area contributed by atoms with Gasteiger partial charge in [0.2, 0.25) is 5.91 Å². The molecule has 0 bridgehead atoms. The highest BCUT2D eigenvalue weighted by atomic mass is 28.4. The summed E-state index contributed by atoms with van der Waals surface area (Å²) in [5.74, 6) is 1.02. The summed E-state index contributed by atoms with van der Waals surface area (Å²) in [6.07, 6.45) is 0.473. The second-order valence-electron chi connectivity index (χ2n) is 9.88. The van der Waals surface area contributed by atoms with Crippen LogP contribution in [0.2, 0.25) is 18.1 Å². The third-order valence-electron chi connectivity index (χ3n) is 6.41. The summed E-state index contributed by atoms with van der Waals surface area (Å²) in [7, 11) is -0.192. The molecule has 1 heterocycles. The van der Waals surface area contributed by atoms with E-state index in [1.54, 1.807) is 7.11 Å². The zero-order valence-corrected chi connectivity index (χ0v) is 20.4. The van der Waals surface area contributed by atoms with Crippen molar-refractivity contribution in [2.75, 3.05) is 13.7 Å². The summed E-state index contributed by atoms with van der Waals surface area (Å²) in [6.45, 7) is 14.5. The number of carbonyl (C=O) groups excluding carboxylic acids is 1. The largest absolute Gasteiger partial charge is 0.496 e. The number of rotatable bonds is 6. The van der Waals surface area contributed by atoms with Crippen LogP contribution in [0.3, 0.4) is 0 Å². The molecule has 0 unspecified atom stereocenters. The molecule has 1 saturated heterocycles. The van der Waals surface area contributed by atoms with Crippen molar-refractivity contribution < 1.29 is 14.0 Å². The number of hydrogen-bond donors (Lipinski definition) is 0. The second kappa shape index (κ2) is 8.56. The summed E-state index contributed by atoms with van der Waals surface area (Å²) >= 11 is 0. The molecule has 1 atom stereocenters. The smallest absolute Gasteiger partial charge is 0.225 e. The highest BCUT2D eigenvalue weighted by Gasteiger charge is 2.42. The summed E-state index contributed by atoms with van der Waals surface area (Å²) in [5.41, 5.74) is 4.49. The molecule has 3 rings (SSSR count). The van der Waals surface area contributed by atoms with Crippen LogP contribution in [-0.2, 0) is 15.8 Å². The first-order valence-electron chi connectivity index (χ1n) is 10.7. The summed E-state index contributed by atoms with van der Waals surface area (Å²) < 4.78 is 12.1.